The van der Waals surface area contributed by atoms with Gasteiger partial charge in [-0.1, -0.05) is 29.3 Å². The normalized spacial score (nSPS) is 15.5. The van der Waals surface area contributed by atoms with Crippen LogP contribution in [-0.2, 0) is 0 Å². The van der Waals surface area contributed by atoms with Crippen LogP contribution in [0.4, 0.5) is 0 Å². The third-order valence-corrected chi connectivity index (χ3v) is 2.48. The first-order valence-electron chi connectivity index (χ1n) is 3.83. The minimum Gasteiger partial charge on any atom is -0.390 e. The molecule has 0 heterocycles. The average Bonchev–Trinajstić information content (AvgIpc) is 2.08. The molecule has 0 saturated carbocycles. The van der Waals surface area contributed by atoms with Gasteiger partial charge in [0.1, 0.15) is 6.10 Å². The second-order valence-electron chi connectivity index (χ2n) is 2.86. The van der Waals surface area contributed by atoms with Crippen LogP contribution >= 0.6 is 23.2 Å². The van der Waals surface area contributed by atoms with E-state index in [0.29, 0.717) is 15.6 Å². The maximum atomic E-state index is 9.46. The van der Waals surface area contributed by atoms with Crippen LogP contribution in [0.1, 0.15) is 18.6 Å². The molecule has 1 aromatic carbocycles. The van der Waals surface area contributed by atoms with Crippen molar-refractivity contribution in [1.82, 2.24) is 0 Å². The molecule has 0 bridgehead atoms. The van der Waals surface area contributed by atoms with Crippen LogP contribution < -0.4 is 0 Å². The van der Waals surface area contributed by atoms with Crippen LogP contribution in [0.15, 0.2) is 18.2 Å². The smallest absolute Gasteiger partial charge is 0.105 e. The molecule has 0 aliphatic heterocycles. The fourth-order valence-electron chi connectivity index (χ4n) is 0.975. The second-order valence-corrected chi connectivity index (χ2v) is 3.67. The van der Waals surface area contributed by atoms with Gasteiger partial charge in [-0.15, -0.1) is 0 Å². The van der Waals surface area contributed by atoms with Crippen molar-refractivity contribution in [3.63, 3.8) is 0 Å². The van der Waals surface area contributed by atoms with E-state index in [1.165, 1.54) is 6.92 Å². The van der Waals surface area contributed by atoms with Crippen molar-refractivity contribution in [2.24, 2.45) is 0 Å². The molecule has 0 spiro atoms. The summed E-state index contributed by atoms with van der Waals surface area (Å²) in [6.07, 6.45) is -1.74. The van der Waals surface area contributed by atoms with Gasteiger partial charge in [-0.05, 0) is 24.6 Å². The summed E-state index contributed by atoms with van der Waals surface area (Å²) in [5.41, 5.74) is 0.560. The van der Waals surface area contributed by atoms with E-state index in [1.807, 2.05) is 0 Å². The van der Waals surface area contributed by atoms with E-state index in [0.717, 1.165) is 0 Å². The molecule has 0 fully saturated rings. The minimum atomic E-state index is -0.922. The molecule has 0 saturated heterocycles. The van der Waals surface area contributed by atoms with E-state index in [4.69, 9.17) is 28.3 Å². The standard InChI is InChI=1S/C9H10Cl2O2/c1-5(12)9(13)6-2-3-7(10)8(11)4-6/h2-5,9,12-13H,1H3. The van der Waals surface area contributed by atoms with Crippen molar-refractivity contribution >= 4 is 23.2 Å². The molecule has 1 aromatic rings. The highest BCUT2D eigenvalue weighted by Crippen LogP contribution is 2.26. The zero-order valence-corrected chi connectivity index (χ0v) is 8.55. The van der Waals surface area contributed by atoms with Gasteiger partial charge in [0.2, 0.25) is 0 Å². The molecule has 72 valence electrons. The molecule has 1 rings (SSSR count). The summed E-state index contributed by atoms with van der Waals surface area (Å²) in [6, 6.07) is 4.76. The maximum absolute atomic E-state index is 9.46. The molecule has 0 aliphatic rings. The topological polar surface area (TPSA) is 40.5 Å². The largest absolute Gasteiger partial charge is 0.390 e. The summed E-state index contributed by atoms with van der Waals surface area (Å²) >= 11 is 11.4. The van der Waals surface area contributed by atoms with Gasteiger partial charge in [0.25, 0.3) is 0 Å². The van der Waals surface area contributed by atoms with Crippen molar-refractivity contribution in [1.29, 1.82) is 0 Å². The number of aliphatic hydroxyl groups is 2. The van der Waals surface area contributed by atoms with E-state index in [9.17, 15) is 5.11 Å². The lowest BCUT2D eigenvalue weighted by Crippen LogP contribution is -2.13. The number of benzene rings is 1. The molecule has 0 aliphatic carbocycles. The zero-order chi connectivity index (χ0) is 10.0. The molecule has 2 unspecified atom stereocenters. The predicted octanol–water partition coefficient (Wildman–Crippen LogP) is 2.41. The Kier molecular flexibility index (Phi) is 3.56. The highest BCUT2D eigenvalue weighted by atomic mass is 35.5. The van der Waals surface area contributed by atoms with Crippen LogP contribution in [0, 0.1) is 0 Å². The summed E-state index contributed by atoms with van der Waals surface area (Å²) in [5, 5.41) is 19.4. The Labute approximate surface area is 86.7 Å². The summed E-state index contributed by atoms with van der Waals surface area (Å²) in [4.78, 5) is 0. The van der Waals surface area contributed by atoms with Crippen LogP contribution in [0.5, 0.6) is 0 Å². The number of rotatable bonds is 2. The van der Waals surface area contributed by atoms with Crippen LogP contribution in [0.3, 0.4) is 0 Å². The van der Waals surface area contributed by atoms with Gasteiger partial charge in [-0.2, -0.15) is 0 Å². The average molecular weight is 221 g/mol. The first kappa shape index (κ1) is 10.8. The SMILES string of the molecule is CC(O)C(O)c1ccc(Cl)c(Cl)c1. The molecular formula is C9H10Cl2O2. The molecule has 2 N–H and O–H groups in total. The number of hydrogen-bond donors (Lipinski definition) is 2. The highest BCUT2D eigenvalue weighted by molar-refractivity contribution is 6.42. The highest BCUT2D eigenvalue weighted by Gasteiger charge is 2.14. The van der Waals surface area contributed by atoms with Gasteiger partial charge in [0.15, 0.2) is 0 Å². The van der Waals surface area contributed by atoms with Crippen LogP contribution in [-0.4, -0.2) is 16.3 Å². The van der Waals surface area contributed by atoms with Gasteiger partial charge in [-0.25, -0.2) is 0 Å². The molecule has 2 atom stereocenters. The Bertz CT molecular complexity index is 300. The van der Waals surface area contributed by atoms with E-state index in [1.54, 1.807) is 18.2 Å². The fourth-order valence-corrected chi connectivity index (χ4v) is 1.28. The van der Waals surface area contributed by atoms with Gasteiger partial charge in [0, 0.05) is 0 Å². The van der Waals surface area contributed by atoms with Crippen molar-refractivity contribution in [2.45, 2.75) is 19.1 Å². The number of aliphatic hydroxyl groups excluding tert-OH is 2. The van der Waals surface area contributed by atoms with Gasteiger partial charge < -0.3 is 10.2 Å². The molecule has 2 nitrogen and oxygen atoms in total. The molecule has 4 heteroatoms. The third-order valence-electron chi connectivity index (χ3n) is 1.74. The van der Waals surface area contributed by atoms with Gasteiger partial charge in [-0.3, -0.25) is 0 Å². The Balaban J connectivity index is 2.97. The van der Waals surface area contributed by atoms with Crippen molar-refractivity contribution < 1.29 is 10.2 Å². The monoisotopic (exact) mass is 220 g/mol. The van der Waals surface area contributed by atoms with Gasteiger partial charge in [0.05, 0.1) is 16.1 Å². The number of hydrogen-bond acceptors (Lipinski definition) is 2. The molecule has 0 amide bonds. The lowest BCUT2D eigenvalue weighted by atomic mass is 10.1. The first-order valence-corrected chi connectivity index (χ1v) is 4.59. The Morgan fingerprint density at radius 2 is 1.77 bits per heavy atom. The van der Waals surface area contributed by atoms with Gasteiger partial charge >= 0.3 is 0 Å². The van der Waals surface area contributed by atoms with Crippen molar-refractivity contribution in [2.75, 3.05) is 0 Å². The molecule has 13 heavy (non-hydrogen) atoms. The van der Waals surface area contributed by atoms with E-state index >= 15 is 0 Å². The van der Waals surface area contributed by atoms with E-state index in [2.05, 4.69) is 0 Å². The lowest BCUT2D eigenvalue weighted by molar-refractivity contribution is 0.0305. The fraction of sp³-hybridized carbons (Fsp3) is 0.333. The molecular weight excluding hydrogens is 211 g/mol. The van der Waals surface area contributed by atoms with Crippen molar-refractivity contribution in [3.05, 3.63) is 33.8 Å². The van der Waals surface area contributed by atoms with Crippen LogP contribution in [0.2, 0.25) is 10.0 Å². The Hall–Kier alpha value is -0.280. The summed E-state index contributed by atoms with van der Waals surface area (Å²) in [5.74, 6) is 0. The predicted molar refractivity (Wildman–Crippen MR) is 53.1 cm³/mol. The zero-order valence-electron chi connectivity index (χ0n) is 7.04. The minimum absolute atomic E-state index is 0.374. The second kappa shape index (κ2) is 4.29. The summed E-state index contributed by atoms with van der Waals surface area (Å²) in [7, 11) is 0. The lowest BCUT2D eigenvalue weighted by Gasteiger charge is -2.14. The molecule has 0 aromatic heterocycles. The third kappa shape index (κ3) is 2.58. The molecule has 0 radical (unpaired) electrons. The quantitative estimate of drug-likeness (QED) is 0.804. The Morgan fingerprint density at radius 3 is 2.23 bits per heavy atom. The first-order chi connectivity index (χ1) is 6.02. The van der Waals surface area contributed by atoms with E-state index in [-0.39, 0.29) is 0 Å². The summed E-state index contributed by atoms with van der Waals surface area (Å²) < 4.78 is 0. The van der Waals surface area contributed by atoms with Crippen LogP contribution in [0.25, 0.3) is 0 Å². The maximum Gasteiger partial charge on any atom is 0.105 e. The summed E-state index contributed by atoms with van der Waals surface area (Å²) in [6.45, 7) is 1.51. The Morgan fingerprint density at radius 1 is 1.15 bits per heavy atom. The van der Waals surface area contributed by atoms with Crippen molar-refractivity contribution in [3.8, 4) is 0 Å². The number of halogens is 2. The van der Waals surface area contributed by atoms with E-state index < -0.39 is 12.2 Å².